The molecular weight excluding hydrogens is 354 g/mol. The van der Waals surface area contributed by atoms with Gasteiger partial charge in [0.2, 0.25) is 5.91 Å². The number of nitrogens with one attached hydrogen (secondary N) is 1. The number of nitrogens with zero attached hydrogens (tertiary/aromatic N) is 4. The maximum absolute atomic E-state index is 12.5. The highest BCUT2D eigenvalue weighted by molar-refractivity contribution is 5.76. The molecule has 1 aliphatic heterocycles. The summed E-state index contributed by atoms with van der Waals surface area (Å²) in [5, 5.41) is 2.99. The quantitative estimate of drug-likeness (QED) is 0.796. The van der Waals surface area contributed by atoms with Crippen LogP contribution in [0.2, 0.25) is 0 Å². The van der Waals surface area contributed by atoms with Gasteiger partial charge in [-0.05, 0) is 25.3 Å². The summed E-state index contributed by atoms with van der Waals surface area (Å²) < 4.78 is 2.04. The number of benzene rings is 1. The van der Waals surface area contributed by atoms with E-state index < -0.39 is 0 Å². The summed E-state index contributed by atoms with van der Waals surface area (Å²) in [4.78, 5) is 32.5. The van der Waals surface area contributed by atoms with Crippen molar-refractivity contribution in [2.24, 2.45) is 0 Å². The monoisotopic (exact) mass is 383 g/mol. The second-order valence-corrected chi connectivity index (χ2v) is 7.24. The second kappa shape index (κ2) is 9.39. The Hall–Kier alpha value is -2.83. The Balaban J connectivity index is 1.47. The Morgan fingerprint density at radius 1 is 1.29 bits per heavy atom. The van der Waals surface area contributed by atoms with Crippen molar-refractivity contribution in [1.29, 1.82) is 0 Å². The van der Waals surface area contributed by atoms with Crippen LogP contribution in [0.3, 0.4) is 0 Å². The highest BCUT2D eigenvalue weighted by Crippen LogP contribution is 2.16. The van der Waals surface area contributed by atoms with Crippen LogP contribution in [0, 0.1) is 6.92 Å². The summed E-state index contributed by atoms with van der Waals surface area (Å²) in [6, 6.07) is 10.1. The van der Waals surface area contributed by atoms with E-state index in [9.17, 15) is 9.59 Å². The third kappa shape index (κ3) is 5.12. The van der Waals surface area contributed by atoms with Crippen molar-refractivity contribution in [3.8, 4) is 0 Å². The number of likely N-dealkylation sites (tertiary alicyclic amines) is 1. The predicted octanol–water partition coefficient (Wildman–Crippen LogP) is 2.07. The van der Waals surface area contributed by atoms with Gasteiger partial charge in [-0.15, -0.1) is 0 Å². The van der Waals surface area contributed by atoms with Crippen LogP contribution in [0.5, 0.6) is 0 Å². The van der Waals surface area contributed by atoms with E-state index in [4.69, 9.17) is 0 Å². The van der Waals surface area contributed by atoms with Gasteiger partial charge in [0, 0.05) is 52.0 Å². The standard InChI is InChI=1S/C21H29N5O2/c1-17-22-11-13-24(17)14-15-26(18(2)27)20-9-12-25(16-20)21(28)23-10-8-19-6-4-3-5-7-19/h3-7,11,13,20H,8-10,12,14-16H2,1-2H3,(H,23,28). The molecule has 7 heteroatoms. The molecule has 2 aromatic rings. The SMILES string of the molecule is CC(=O)N(CCn1ccnc1C)C1CCN(C(=O)NCCc2ccccc2)C1. The first kappa shape index (κ1) is 19.9. The fourth-order valence-electron chi connectivity index (χ4n) is 3.70. The number of aromatic nitrogens is 2. The molecule has 0 spiro atoms. The molecule has 1 aromatic carbocycles. The van der Waals surface area contributed by atoms with Crippen molar-refractivity contribution in [3.05, 3.63) is 54.1 Å². The van der Waals surface area contributed by atoms with Gasteiger partial charge in [0.25, 0.3) is 0 Å². The first-order valence-corrected chi connectivity index (χ1v) is 9.86. The highest BCUT2D eigenvalue weighted by Gasteiger charge is 2.31. The van der Waals surface area contributed by atoms with Gasteiger partial charge >= 0.3 is 6.03 Å². The lowest BCUT2D eigenvalue weighted by Gasteiger charge is -2.28. The number of amides is 3. The summed E-state index contributed by atoms with van der Waals surface area (Å²) in [5.41, 5.74) is 1.21. The lowest BCUT2D eigenvalue weighted by Crippen LogP contribution is -2.45. The van der Waals surface area contributed by atoms with Crippen LogP contribution in [-0.2, 0) is 17.8 Å². The lowest BCUT2D eigenvalue weighted by molar-refractivity contribution is -0.131. The Morgan fingerprint density at radius 2 is 2.07 bits per heavy atom. The summed E-state index contributed by atoms with van der Waals surface area (Å²) >= 11 is 0. The second-order valence-electron chi connectivity index (χ2n) is 7.24. The molecule has 150 valence electrons. The predicted molar refractivity (Wildman–Crippen MR) is 108 cm³/mol. The topological polar surface area (TPSA) is 70.5 Å². The molecule has 1 aromatic heterocycles. The number of urea groups is 1. The van der Waals surface area contributed by atoms with Crippen LogP contribution in [0.4, 0.5) is 4.79 Å². The smallest absolute Gasteiger partial charge is 0.317 e. The van der Waals surface area contributed by atoms with Crippen LogP contribution >= 0.6 is 0 Å². The summed E-state index contributed by atoms with van der Waals surface area (Å²) in [7, 11) is 0. The van der Waals surface area contributed by atoms with Gasteiger partial charge in [0.15, 0.2) is 0 Å². The Bertz CT molecular complexity index is 789. The molecule has 1 atom stereocenters. The van der Waals surface area contributed by atoms with Crippen LogP contribution in [0.25, 0.3) is 0 Å². The van der Waals surface area contributed by atoms with Gasteiger partial charge in [0.1, 0.15) is 5.82 Å². The van der Waals surface area contributed by atoms with Crippen molar-refractivity contribution in [1.82, 2.24) is 24.7 Å². The van der Waals surface area contributed by atoms with Gasteiger partial charge in [-0.2, -0.15) is 0 Å². The fourth-order valence-corrected chi connectivity index (χ4v) is 3.70. The van der Waals surface area contributed by atoms with Gasteiger partial charge < -0.3 is 19.7 Å². The molecule has 28 heavy (non-hydrogen) atoms. The summed E-state index contributed by atoms with van der Waals surface area (Å²) in [6.07, 6.45) is 5.32. The average molecular weight is 383 g/mol. The van der Waals surface area contributed by atoms with E-state index >= 15 is 0 Å². The maximum Gasteiger partial charge on any atom is 0.317 e. The minimum atomic E-state index is -0.0487. The zero-order valence-corrected chi connectivity index (χ0v) is 16.7. The number of aryl methyl sites for hydroxylation is 1. The van der Waals surface area contributed by atoms with Gasteiger partial charge in [-0.25, -0.2) is 9.78 Å². The van der Waals surface area contributed by atoms with Gasteiger partial charge in [-0.1, -0.05) is 30.3 Å². The number of carbonyl (C=O) groups is 2. The number of carbonyl (C=O) groups excluding carboxylic acids is 2. The minimum absolute atomic E-state index is 0.0487. The number of imidazole rings is 1. The van der Waals surface area contributed by atoms with Crippen molar-refractivity contribution in [3.63, 3.8) is 0 Å². The van der Waals surface area contributed by atoms with Gasteiger partial charge in [0.05, 0.1) is 6.04 Å². The van der Waals surface area contributed by atoms with Crippen molar-refractivity contribution >= 4 is 11.9 Å². The van der Waals surface area contributed by atoms with E-state index in [2.05, 4.69) is 22.4 Å². The van der Waals surface area contributed by atoms with Crippen molar-refractivity contribution < 1.29 is 9.59 Å². The van der Waals surface area contributed by atoms with E-state index in [0.717, 1.165) is 18.7 Å². The van der Waals surface area contributed by atoms with Crippen LogP contribution in [0.1, 0.15) is 24.7 Å². The summed E-state index contributed by atoms with van der Waals surface area (Å²) in [5.74, 6) is 0.989. The number of rotatable bonds is 7. The molecule has 0 radical (unpaired) electrons. The minimum Gasteiger partial charge on any atom is -0.338 e. The fraction of sp³-hybridized carbons (Fsp3) is 0.476. The molecular formula is C21H29N5O2. The highest BCUT2D eigenvalue weighted by atomic mass is 16.2. The molecule has 0 bridgehead atoms. The first-order valence-electron chi connectivity index (χ1n) is 9.86. The maximum atomic E-state index is 12.5. The molecule has 7 nitrogen and oxygen atoms in total. The van der Waals surface area contributed by atoms with E-state index in [1.165, 1.54) is 5.56 Å². The molecule has 3 rings (SSSR count). The molecule has 0 aliphatic carbocycles. The van der Waals surface area contributed by atoms with Crippen LogP contribution in [-0.4, -0.2) is 63.5 Å². The Labute approximate surface area is 166 Å². The molecule has 3 amide bonds. The van der Waals surface area contributed by atoms with Gasteiger partial charge in [-0.3, -0.25) is 4.79 Å². The molecule has 2 heterocycles. The summed E-state index contributed by atoms with van der Waals surface area (Å²) in [6.45, 7) is 6.76. The average Bonchev–Trinajstić information content (AvgIpc) is 3.32. The van der Waals surface area contributed by atoms with Crippen LogP contribution in [0.15, 0.2) is 42.7 Å². The zero-order valence-electron chi connectivity index (χ0n) is 16.7. The van der Waals surface area contributed by atoms with Crippen molar-refractivity contribution in [2.45, 2.75) is 39.3 Å². The Morgan fingerprint density at radius 3 is 2.75 bits per heavy atom. The lowest BCUT2D eigenvalue weighted by atomic mass is 10.1. The normalized spacial score (nSPS) is 16.2. The number of hydrogen-bond donors (Lipinski definition) is 1. The largest absolute Gasteiger partial charge is 0.338 e. The molecule has 1 fully saturated rings. The Kier molecular flexibility index (Phi) is 6.68. The molecule has 1 N–H and O–H groups in total. The molecule has 1 saturated heterocycles. The van der Waals surface area contributed by atoms with E-state index in [1.807, 2.05) is 45.7 Å². The van der Waals surface area contributed by atoms with E-state index in [0.29, 0.717) is 32.7 Å². The van der Waals surface area contributed by atoms with E-state index in [-0.39, 0.29) is 18.0 Å². The molecule has 1 unspecified atom stereocenters. The zero-order chi connectivity index (χ0) is 19.9. The molecule has 1 aliphatic rings. The van der Waals surface area contributed by atoms with Crippen molar-refractivity contribution in [2.75, 3.05) is 26.2 Å². The number of hydrogen-bond acceptors (Lipinski definition) is 3. The van der Waals surface area contributed by atoms with E-state index in [1.54, 1.807) is 13.1 Å². The third-order valence-electron chi connectivity index (χ3n) is 5.33. The van der Waals surface area contributed by atoms with Crippen LogP contribution < -0.4 is 5.32 Å². The first-order chi connectivity index (χ1) is 13.5. The third-order valence-corrected chi connectivity index (χ3v) is 5.33. The molecule has 0 saturated carbocycles.